The second-order valence-electron chi connectivity index (χ2n) is 7.05. The maximum atomic E-state index is 12.8. The van der Waals surface area contributed by atoms with Gasteiger partial charge in [0, 0.05) is 12.0 Å². The topological polar surface area (TPSA) is 151 Å². The van der Waals surface area contributed by atoms with Crippen molar-refractivity contribution in [2.45, 2.75) is 26.3 Å². The van der Waals surface area contributed by atoms with E-state index in [0.29, 0.717) is 41.4 Å². The second kappa shape index (κ2) is 8.05. The summed E-state index contributed by atoms with van der Waals surface area (Å²) in [5, 5.41) is 3.04. The lowest BCUT2D eigenvalue weighted by Gasteiger charge is -2.27. The van der Waals surface area contributed by atoms with E-state index < -0.39 is 0 Å². The highest BCUT2D eigenvalue weighted by atomic mass is 16.5. The maximum Gasteiger partial charge on any atom is 0.257 e. The number of nitrogen functional groups attached to an aromatic ring is 2. The first-order valence-corrected chi connectivity index (χ1v) is 9.78. The zero-order valence-corrected chi connectivity index (χ0v) is 17.5. The van der Waals surface area contributed by atoms with Gasteiger partial charge in [0.25, 0.3) is 11.8 Å². The molecule has 1 aliphatic rings. The number of hydrogen-bond acceptors (Lipinski definition) is 9. The minimum absolute atomic E-state index is 0.144. The van der Waals surface area contributed by atoms with Crippen LogP contribution in [0, 0.1) is 6.92 Å². The molecule has 10 heteroatoms. The minimum Gasteiger partial charge on any atom is -0.497 e. The molecule has 1 amide bonds. The first kappa shape index (κ1) is 20.3. The smallest absolute Gasteiger partial charge is 0.257 e. The van der Waals surface area contributed by atoms with Crippen LogP contribution in [-0.2, 0) is 6.42 Å². The van der Waals surface area contributed by atoms with Crippen molar-refractivity contribution in [2.24, 2.45) is 0 Å². The van der Waals surface area contributed by atoms with E-state index in [1.807, 2.05) is 25.1 Å². The molecule has 0 fully saturated rings. The number of aryl methyl sites for hydroxylation is 1. The van der Waals surface area contributed by atoms with Gasteiger partial charge in [-0.05, 0) is 31.5 Å². The average Bonchev–Trinajstić information content (AvgIpc) is 2.74. The van der Waals surface area contributed by atoms with Crippen LogP contribution < -0.4 is 26.3 Å². The number of methoxy groups -OCH3 is 1. The molecule has 1 aliphatic heterocycles. The number of nitrogens with one attached hydrogen (secondary N) is 1. The summed E-state index contributed by atoms with van der Waals surface area (Å²) in [5.41, 5.74) is 15.4. The highest BCUT2D eigenvalue weighted by Gasteiger charge is 2.31. The summed E-state index contributed by atoms with van der Waals surface area (Å²) in [6, 6.07) is 5.20. The summed E-state index contributed by atoms with van der Waals surface area (Å²) >= 11 is 0. The van der Waals surface area contributed by atoms with Crippen LogP contribution in [0.25, 0.3) is 11.3 Å². The first-order valence-electron chi connectivity index (χ1n) is 9.78. The average molecular weight is 421 g/mol. The van der Waals surface area contributed by atoms with Crippen LogP contribution in [0.2, 0.25) is 0 Å². The second-order valence-corrected chi connectivity index (χ2v) is 7.05. The highest BCUT2D eigenvalue weighted by molar-refractivity contribution is 5.98. The van der Waals surface area contributed by atoms with Crippen molar-refractivity contribution in [1.29, 1.82) is 0 Å². The lowest BCUT2D eigenvalue weighted by atomic mass is 9.90. The van der Waals surface area contributed by atoms with Gasteiger partial charge < -0.3 is 26.3 Å². The van der Waals surface area contributed by atoms with Gasteiger partial charge >= 0.3 is 0 Å². The zero-order valence-electron chi connectivity index (χ0n) is 17.5. The molecule has 0 aliphatic carbocycles. The Morgan fingerprint density at radius 3 is 2.77 bits per heavy atom. The standard InChI is InChI=1S/C21H23N7O3/c1-4-31-20-18(22)24-9-16(27-20)13-7-11(30-3)5-6-12(13)14-8-15-17(19(29)26-14)10(2)25-21(23)28-15/h5-7,9,14H,4,8H2,1-3H3,(H2,22,24)(H,26,29)(H2,23,25,28)/t14-/m1/s1. The van der Waals surface area contributed by atoms with E-state index in [9.17, 15) is 4.79 Å². The summed E-state index contributed by atoms with van der Waals surface area (Å²) in [6.07, 6.45) is 2.02. The van der Waals surface area contributed by atoms with Crippen molar-refractivity contribution in [3.05, 3.63) is 46.9 Å². The quantitative estimate of drug-likeness (QED) is 0.560. The molecule has 0 unspecified atom stereocenters. The number of nitrogens with two attached hydrogens (primary N) is 2. The van der Waals surface area contributed by atoms with Crippen molar-refractivity contribution < 1.29 is 14.3 Å². The molecule has 4 rings (SSSR count). The molecule has 1 aromatic carbocycles. The SMILES string of the molecule is CCOc1nc(-c2cc(OC)ccc2[C@H]2Cc3nc(N)nc(C)c3C(=O)N2)cnc1N. The minimum atomic E-state index is -0.357. The summed E-state index contributed by atoms with van der Waals surface area (Å²) in [5.74, 6) is 0.995. The van der Waals surface area contributed by atoms with Crippen molar-refractivity contribution in [3.8, 4) is 22.9 Å². The maximum absolute atomic E-state index is 12.8. The summed E-state index contributed by atoms with van der Waals surface area (Å²) in [7, 11) is 1.58. The van der Waals surface area contributed by atoms with Crippen LogP contribution in [0.5, 0.6) is 11.6 Å². The van der Waals surface area contributed by atoms with E-state index in [2.05, 4.69) is 25.3 Å². The molecule has 160 valence electrons. The van der Waals surface area contributed by atoms with Crippen LogP contribution in [0.4, 0.5) is 11.8 Å². The molecule has 0 saturated heterocycles. The van der Waals surface area contributed by atoms with Gasteiger partial charge in [0.15, 0.2) is 5.82 Å². The first-order chi connectivity index (χ1) is 14.9. The van der Waals surface area contributed by atoms with Crippen molar-refractivity contribution in [3.63, 3.8) is 0 Å². The van der Waals surface area contributed by atoms with Gasteiger partial charge in [-0.1, -0.05) is 6.07 Å². The van der Waals surface area contributed by atoms with Crippen molar-refractivity contribution in [2.75, 3.05) is 25.2 Å². The number of rotatable bonds is 5. The fourth-order valence-corrected chi connectivity index (χ4v) is 3.70. The normalized spacial score (nSPS) is 15.2. The van der Waals surface area contributed by atoms with E-state index in [1.165, 1.54) is 0 Å². The summed E-state index contributed by atoms with van der Waals surface area (Å²) < 4.78 is 10.9. The number of amides is 1. The van der Waals surface area contributed by atoms with Crippen LogP contribution in [-0.4, -0.2) is 39.6 Å². The number of anilines is 2. The van der Waals surface area contributed by atoms with Gasteiger partial charge in [0.2, 0.25) is 5.95 Å². The van der Waals surface area contributed by atoms with E-state index in [0.717, 1.165) is 11.1 Å². The van der Waals surface area contributed by atoms with E-state index in [4.69, 9.17) is 20.9 Å². The van der Waals surface area contributed by atoms with Crippen LogP contribution >= 0.6 is 0 Å². The van der Waals surface area contributed by atoms with Crippen molar-refractivity contribution in [1.82, 2.24) is 25.3 Å². The molecule has 3 heterocycles. The predicted octanol–water partition coefficient (Wildman–Crippen LogP) is 1.84. The summed E-state index contributed by atoms with van der Waals surface area (Å²) in [4.78, 5) is 30.0. The van der Waals surface area contributed by atoms with Crippen LogP contribution in [0.1, 0.15) is 40.3 Å². The van der Waals surface area contributed by atoms with Gasteiger partial charge in [0.1, 0.15) is 5.75 Å². The third kappa shape index (κ3) is 3.79. The van der Waals surface area contributed by atoms with Gasteiger partial charge in [-0.15, -0.1) is 0 Å². The lowest BCUT2D eigenvalue weighted by Crippen LogP contribution is -2.37. The zero-order chi connectivity index (χ0) is 22.1. The molecular formula is C21H23N7O3. The molecule has 3 aromatic rings. The van der Waals surface area contributed by atoms with Gasteiger partial charge in [-0.3, -0.25) is 4.79 Å². The molecule has 1 atom stereocenters. The Bertz CT molecular complexity index is 1170. The molecule has 10 nitrogen and oxygen atoms in total. The van der Waals surface area contributed by atoms with E-state index in [1.54, 1.807) is 20.2 Å². The molecule has 0 spiro atoms. The van der Waals surface area contributed by atoms with Crippen molar-refractivity contribution >= 4 is 17.7 Å². The van der Waals surface area contributed by atoms with Crippen LogP contribution in [0.3, 0.4) is 0 Å². The number of nitrogens with zero attached hydrogens (tertiary/aromatic N) is 4. The third-order valence-corrected chi connectivity index (χ3v) is 5.07. The number of carbonyl (C=O) groups excluding carboxylic acids is 1. The molecule has 5 N–H and O–H groups in total. The Balaban J connectivity index is 1.81. The lowest BCUT2D eigenvalue weighted by molar-refractivity contribution is 0.0922. The number of fused-ring (bicyclic) bond motifs is 1. The fourth-order valence-electron chi connectivity index (χ4n) is 3.70. The Morgan fingerprint density at radius 1 is 1.23 bits per heavy atom. The molecule has 0 saturated carbocycles. The molecule has 0 radical (unpaired) electrons. The number of carbonyl (C=O) groups is 1. The monoisotopic (exact) mass is 421 g/mol. The third-order valence-electron chi connectivity index (χ3n) is 5.07. The molecule has 2 aromatic heterocycles. The number of ether oxygens (including phenoxy) is 2. The highest BCUT2D eigenvalue weighted by Crippen LogP contribution is 2.35. The van der Waals surface area contributed by atoms with Gasteiger partial charge in [-0.25, -0.2) is 19.9 Å². The van der Waals surface area contributed by atoms with E-state index in [-0.39, 0.29) is 29.6 Å². The number of benzene rings is 1. The Kier molecular flexibility index (Phi) is 5.28. The van der Waals surface area contributed by atoms with Gasteiger partial charge in [0.05, 0.1) is 48.6 Å². The molecule has 31 heavy (non-hydrogen) atoms. The number of aromatic nitrogens is 4. The Hall–Kier alpha value is -3.95. The number of hydrogen-bond donors (Lipinski definition) is 3. The Labute approximate surface area is 179 Å². The van der Waals surface area contributed by atoms with Crippen LogP contribution in [0.15, 0.2) is 24.4 Å². The summed E-state index contributed by atoms with van der Waals surface area (Å²) in [6.45, 7) is 3.99. The van der Waals surface area contributed by atoms with E-state index >= 15 is 0 Å². The van der Waals surface area contributed by atoms with Gasteiger partial charge in [-0.2, -0.15) is 0 Å². The molecule has 0 bridgehead atoms. The largest absolute Gasteiger partial charge is 0.497 e. The molecular weight excluding hydrogens is 398 g/mol. The Morgan fingerprint density at radius 2 is 2.03 bits per heavy atom. The fraction of sp³-hybridized carbons (Fsp3) is 0.286. The predicted molar refractivity (Wildman–Crippen MR) is 115 cm³/mol.